The molecule has 0 radical (unpaired) electrons. The number of nitrogens with zero attached hydrogens (tertiary/aromatic N) is 2. The SMILES string of the molecule is O=C(O)/C=C\C(=O)O.O=C(O)/C=C\C(=O)O.c1ccc2c(c1)CN(CCN1CCNCC1)C2. The van der Waals surface area contributed by atoms with Gasteiger partial charge in [-0.15, -0.1) is 0 Å². The number of carbonyl (C=O) groups is 4. The minimum atomic E-state index is -1.26. The molecule has 0 unspecified atom stereocenters. The molecule has 0 amide bonds. The number of fused-ring (bicyclic) bond motifs is 1. The Morgan fingerprint density at radius 2 is 1.06 bits per heavy atom. The van der Waals surface area contributed by atoms with Crippen molar-refractivity contribution >= 4 is 23.9 Å². The third-order valence-corrected chi connectivity index (χ3v) is 4.59. The molecule has 180 valence electrons. The van der Waals surface area contributed by atoms with Crippen molar-refractivity contribution in [2.45, 2.75) is 13.1 Å². The van der Waals surface area contributed by atoms with E-state index in [0.717, 1.165) is 26.2 Å². The molecule has 0 aromatic heterocycles. The number of nitrogens with one attached hydrogen (secondary N) is 1. The highest BCUT2D eigenvalue weighted by Crippen LogP contribution is 2.21. The number of carboxylic acids is 4. The normalized spacial score (nSPS) is 15.8. The number of rotatable bonds is 7. The predicted octanol–water partition coefficient (Wildman–Crippen LogP) is 0.331. The van der Waals surface area contributed by atoms with Crippen molar-refractivity contribution in [1.29, 1.82) is 0 Å². The van der Waals surface area contributed by atoms with Gasteiger partial charge in [-0.1, -0.05) is 24.3 Å². The van der Waals surface area contributed by atoms with Gasteiger partial charge in [0.2, 0.25) is 0 Å². The summed E-state index contributed by atoms with van der Waals surface area (Å²) in [6, 6.07) is 8.83. The fourth-order valence-electron chi connectivity index (χ4n) is 3.06. The highest BCUT2D eigenvalue weighted by Gasteiger charge is 2.19. The molecular formula is C22H29N3O8. The highest BCUT2D eigenvalue weighted by atomic mass is 16.4. The Balaban J connectivity index is 0.000000288. The summed E-state index contributed by atoms with van der Waals surface area (Å²) in [5.41, 5.74) is 3.04. The molecule has 5 N–H and O–H groups in total. The molecule has 1 aromatic rings. The van der Waals surface area contributed by atoms with Gasteiger partial charge in [-0.2, -0.15) is 0 Å². The van der Waals surface area contributed by atoms with Gasteiger partial charge < -0.3 is 25.7 Å². The summed E-state index contributed by atoms with van der Waals surface area (Å²) >= 11 is 0. The first kappa shape index (κ1) is 27.5. The molecule has 0 bridgehead atoms. The van der Waals surface area contributed by atoms with Crippen LogP contribution >= 0.6 is 0 Å². The number of hydrogen-bond acceptors (Lipinski definition) is 7. The lowest BCUT2D eigenvalue weighted by molar-refractivity contribution is -0.134. The number of aliphatic carboxylic acids is 4. The van der Waals surface area contributed by atoms with Crippen molar-refractivity contribution in [3.63, 3.8) is 0 Å². The number of hydrogen-bond donors (Lipinski definition) is 5. The Morgan fingerprint density at radius 1 is 0.697 bits per heavy atom. The van der Waals surface area contributed by atoms with Crippen molar-refractivity contribution in [3.8, 4) is 0 Å². The molecule has 1 fully saturated rings. The van der Waals surface area contributed by atoms with Crippen LogP contribution in [0.2, 0.25) is 0 Å². The highest BCUT2D eigenvalue weighted by molar-refractivity contribution is 5.90. The van der Waals surface area contributed by atoms with Crippen LogP contribution in [0.3, 0.4) is 0 Å². The lowest BCUT2D eigenvalue weighted by Gasteiger charge is -2.28. The molecule has 11 heteroatoms. The lowest BCUT2D eigenvalue weighted by atomic mass is 10.1. The smallest absolute Gasteiger partial charge is 0.328 e. The van der Waals surface area contributed by atoms with Gasteiger partial charge in [-0.25, -0.2) is 19.2 Å². The minimum absolute atomic E-state index is 0.558. The molecule has 2 heterocycles. The van der Waals surface area contributed by atoms with Gasteiger partial charge in [0.15, 0.2) is 0 Å². The van der Waals surface area contributed by atoms with Crippen molar-refractivity contribution in [1.82, 2.24) is 15.1 Å². The maximum Gasteiger partial charge on any atom is 0.328 e. The Morgan fingerprint density at radius 3 is 1.42 bits per heavy atom. The van der Waals surface area contributed by atoms with Crippen LogP contribution < -0.4 is 5.32 Å². The molecule has 0 atom stereocenters. The summed E-state index contributed by atoms with van der Waals surface area (Å²) in [6.45, 7) is 9.43. The van der Waals surface area contributed by atoms with Gasteiger partial charge in [0.05, 0.1) is 0 Å². The molecule has 2 aliphatic rings. The Hall–Kier alpha value is -3.54. The molecule has 0 saturated carbocycles. The Bertz CT molecular complexity index is 772. The largest absolute Gasteiger partial charge is 0.478 e. The molecule has 1 saturated heterocycles. The zero-order valence-electron chi connectivity index (χ0n) is 18.1. The van der Waals surface area contributed by atoms with Crippen LogP contribution in [0, 0.1) is 0 Å². The number of benzene rings is 1. The van der Waals surface area contributed by atoms with E-state index in [1.165, 1.54) is 37.3 Å². The molecule has 33 heavy (non-hydrogen) atoms. The summed E-state index contributed by atoms with van der Waals surface area (Å²) in [6.07, 6.45) is 2.23. The fourth-order valence-corrected chi connectivity index (χ4v) is 3.06. The second-order valence-electron chi connectivity index (χ2n) is 7.09. The summed E-state index contributed by atoms with van der Waals surface area (Å²) in [4.78, 5) is 43.3. The number of carboxylic acid groups (broad SMARTS) is 4. The van der Waals surface area contributed by atoms with Crippen LogP contribution in [0.5, 0.6) is 0 Å². The first-order valence-corrected chi connectivity index (χ1v) is 10.2. The molecule has 2 aliphatic heterocycles. The van der Waals surface area contributed by atoms with E-state index in [-0.39, 0.29) is 0 Å². The molecular weight excluding hydrogens is 434 g/mol. The topological polar surface area (TPSA) is 168 Å². The van der Waals surface area contributed by atoms with E-state index in [4.69, 9.17) is 20.4 Å². The van der Waals surface area contributed by atoms with E-state index < -0.39 is 23.9 Å². The summed E-state index contributed by atoms with van der Waals surface area (Å²) in [5, 5.41) is 34.7. The van der Waals surface area contributed by atoms with Crippen molar-refractivity contribution < 1.29 is 39.6 Å². The van der Waals surface area contributed by atoms with E-state index in [1.54, 1.807) is 0 Å². The Kier molecular flexibility index (Phi) is 12.7. The molecule has 1 aromatic carbocycles. The van der Waals surface area contributed by atoms with Crippen LogP contribution in [0.15, 0.2) is 48.6 Å². The summed E-state index contributed by atoms with van der Waals surface area (Å²) in [5.74, 6) is -5.03. The zero-order valence-corrected chi connectivity index (χ0v) is 18.1. The second-order valence-corrected chi connectivity index (χ2v) is 7.09. The van der Waals surface area contributed by atoms with Crippen LogP contribution in [0.4, 0.5) is 0 Å². The average molecular weight is 463 g/mol. The van der Waals surface area contributed by atoms with E-state index in [2.05, 4.69) is 39.4 Å². The lowest BCUT2D eigenvalue weighted by Crippen LogP contribution is -2.45. The van der Waals surface area contributed by atoms with Crippen LogP contribution in [0.1, 0.15) is 11.1 Å². The molecule has 3 rings (SSSR count). The van der Waals surface area contributed by atoms with E-state index >= 15 is 0 Å². The minimum Gasteiger partial charge on any atom is -0.478 e. The van der Waals surface area contributed by atoms with Gasteiger partial charge >= 0.3 is 23.9 Å². The third kappa shape index (κ3) is 13.5. The summed E-state index contributed by atoms with van der Waals surface area (Å²) in [7, 11) is 0. The van der Waals surface area contributed by atoms with Crippen molar-refractivity contribution in [2.24, 2.45) is 0 Å². The molecule has 0 aliphatic carbocycles. The Labute approximate surface area is 191 Å². The van der Waals surface area contributed by atoms with Gasteiger partial charge in [0, 0.05) is 76.7 Å². The van der Waals surface area contributed by atoms with Gasteiger partial charge in [-0.05, 0) is 11.1 Å². The van der Waals surface area contributed by atoms with Crippen molar-refractivity contribution in [2.75, 3.05) is 39.3 Å². The van der Waals surface area contributed by atoms with Crippen LogP contribution in [-0.4, -0.2) is 93.4 Å². The van der Waals surface area contributed by atoms with E-state index in [9.17, 15) is 19.2 Å². The quantitative estimate of drug-likeness (QED) is 0.353. The average Bonchev–Trinajstić information content (AvgIpc) is 3.20. The van der Waals surface area contributed by atoms with Gasteiger partial charge in [0.1, 0.15) is 0 Å². The monoisotopic (exact) mass is 463 g/mol. The fraction of sp³-hybridized carbons (Fsp3) is 0.364. The van der Waals surface area contributed by atoms with Crippen molar-refractivity contribution in [3.05, 3.63) is 59.7 Å². The molecule has 0 spiro atoms. The van der Waals surface area contributed by atoms with Gasteiger partial charge in [-0.3, -0.25) is 9.80 Å². The third-order valence-electron chi connectivity index (χ3n) is 4.59. The van der Waals surface area contributed by atoms with Crippen LogP contribution in [-0.2, 0) is 32.3 Å². The van der Waals surface area contributed by atoms with E-state index in [0.29, 0.717) is 24.3 Å². The van der Waals surface area contributed by atoms with Crippen LogP contribution in [0.25, 0.3) is 0 Å². The standard InChI is InChI=1S/C14H21N3.2C4H4O4/c1-2-4-14-12-17(11-13(14)3-1)10-9-16-7-5-15-6-8-16;2*5-3(6)1-2-4(7)8/h1-4,15H,5-12H2;2*1-2H,(H,5,6)(H,7,8)/b;2*2-1-. The second kappa shape index (κ2) is 15.3. The maximum atomic E-state index is 9.55. The molecule has 11 nitrogen and oxygen atoms in total. The maximum absolute atomic E-state index is 9.55. The zero-order chi connectivity index (χ0) is 24.6. The first-order valence-electron chi connectivity index (χ1n) is 10.2. The van der Waals surface area contributed by atoms with Gasteiger partial charge in [0.25, 0.3) is 0 Å². The predicted molar refractivity (Wildman–Crippen MR) is 119 cm³/mol. The number of piperazine rings is 1. The first-order chi connectivity index (χ1) is 15.7. The van der Waals surface area contributed by atoms with E-state index in [1.807, 2.05) is 0 Å². The summed E-state index contributed by atoms with van der Waals surface area (Å²) < 4.78 is 0.